The maximum absolute atomic E-state index is 14.0. The molecule has 0 aliphatic carbocycles. The topological polar surface area (TPSA) is 62.8 Å². The minimum absolute atomic E-state index is 0.0482. The number of aromatic nitrogens is 2. The molecule has 0 spiro atoms. The molecule has 0 bridgehead atoms. The van der Waals surface area contributed by atoms with Gasteiger partial charge in [-0.05, 0) is 62.2 Å². The summed E-state index contributed by atoms with van der Waals surface area (Å²) in [6.07, 6.45) is -2.37. The Labute approximate surface area is 227 Å². The van der Waals surface area contributed by atoms with E-state index < -0.39 is 17.8 Å². The van der Waals surface area contributed by atoms with Crippen molar-refractivity contribution in [3.05, 3.63) is 70.9 Å². The van der Waals surface area contributed by atoms with Gasteiger partial charge in [-0.3, -0.25) is 4.84 Å². The quantitative estimate of drug-likeness (QED) is 0.265. The fourth-order valence-electron chi connectivity index (χ4n) is 4.84. The van der Waals surface area contributed by atoms with E-state index in [0.717, 1.165) is 54.7 Å². The number of rotatable bonds is 11. The van der Waals surface area contributed by atoms with Crippen LogP contribution in [0.1, 0.15) is 55.0 Å². The molecule has 10 heteroatoms. The molecule has 1 N–H and O–H groups in total. The average Bonchev–Trinajstić information content (AvgIpc) is 3.40. The molecule has 2 heterocycles. The predicted molar refractivity (Wildman–Crippen MR) is 146 cm³/mol. The lowest BCUT2D eigenvalue weighted by molar-refractivity contribution is -0.138. The lowest BCUT2D eigenvalue weighted by Gasteiger charge is -2.26. The molecule has 0 radical (unpaired) electrons. The highest BCUT2D eigenvalue weighted by atomic mass is 19.4. The van der Waals surface area contributed by atoms with Crippen LogP contribution < -0.4 is 15.1 Å². The van der Waals surface area contributed by atoms with E-state index in [4.69, 9.17) is 9.57 Å². The first-order chi connectivity index (χ1) is 18.7. The molecule has 1 fully saturated rings. The molecule has 3 aromatic rings. The highest BCUT2D eigenvalue weighted by Crippen LogP contribution is 2.41. The third kappa shape index (κ3) is 6.99. The van der Waals surface area contributed by atoms with E-state index in [9.17, 15) is 13.2 Å². The van der Waals surface area contributed by atoms with Crippen molar-refractivity contribution < 1.29 is 22.7 Å². The van der Waals surface area contributed by atoms with Gasteiger partial charge in [0.1, 0.15) is 11.3 Å². The summed E-state index contributed by atoms with van der Waals surface area (Å²) < 4.78 is 47.9. The Morgan fingerprint density at radius 2 is 1.79 bits per heavy atom. The van der Waals surface area contributed by atoms with Crippen molar-refractivity contribution in [2.45, 2.75) is 52.8 Å². The van der Waals surface area contributed by atoms with Crippen molar-refractivity contribution in [1.29, 1.82) is 0 Å². The molecule has 0 unspecified atom stereocenters. The molecule has 7 nitrogen and oxygen atoms in total. The van der Waals surface area contributed by atoms with Crippen LogP contribution in [-0.2, 0) is 11.0 Å². The Kier molecular flexibility index (Phi) is 9.29. The molecule has 1 aliphatic heterocycles. The van der Waals surface area contributed by atoms with E-state index in [2.05, 4.69) is 34.0 Å². The number of alkyl halides is 3. The maximum Gasteiger partial charge on any atom is 0.421 e. The molecule has 1 aromatic heterocycles. The lowest BCUT2D eigenvalue weighted by atomic mass is 10.0. The van der Waals surface area contributed by atoms with Gasteiger partial charge in [0, 0.05) is 24.8 Å². The maximum atomic E-state index is 14.0. The molecule has 1 atom stereocenters. The standard InChI is InChI=1S/C29H36F3N5O2/c1-5-36(6-2)14-10-15-38-26-20(3)17-23(18-21(26)4)34-28-33-19-24(29(30,31)32)27(35-28)37-25(13-16-39-37)22-11-8-7-9-12-22/h7-9,11-12,17-19,25H,5-6,10,13-16H2,1-4H3,(H,33,34,35)/t25-/m0/s1. The SMILES string of the molecule is CCN(CC)CCCOc1c(C)cc(Nc2ncc(C(F)(F)F)c(N3OCC[C@H]3c3ccccc3)n2)cc1C. The number of aryl methyl sites for hydroxylation is 2. The van der Waals surface area contributed by atoms with Crippen molar-refractivity contribution in [1.82, 2.24) is 14.9 Å². The smallest absolute Gasteiger partial charge is 0.421 e. The van der Waals surface area contributed by atoms with Crippen molar-refractivity contribution >= 4 is 17.5 Å². The molecule has 210 valence electrons. The van der Waals surface area contributed by atoms with Gasteiger partial charge in [0.15, 0.2) is 5.82 Å². The number of hydroxylamine groups is 1. The Balaban J connectivity index is 1.54. The number of hydrogen-bond acceptors (Lipinski definition) is 7. The lowest BCUT2D eigenvalue weighted by Crippen LogP contribution is -2.26. The minimum Gasteiger partial charge on any atom is -0.493 e. The van der Waals surface area contributed by atoms with Gasteiger partial charge >= 0.3 is 6.18 Å². The number of anilines is 3. The second-order valence-corrected chi connectivity index (χ2v) is 9.60. The van der Waals surface area contributed by atoms with Gasteiger partial charge in [0.25, 0.3) is 0 Å². The van der Waals surface area contributed by atoms with Crippen LogP contribution in [0, 0.1) is 13.8 Å². The molecule has 4 rings (SSSR count). The normalized spacial score (nSPS) is 15.7. The van der Waals surface area contributed by atoms with E-state index in [1.807, 2.05) is 56.3 Å². The molecular weight excluding hydrogens is 507 g/mol. The summed E-state index contributed by atoms with van der Waals surface area (Å²) in [6.45, 7) is 12.1. The molecule has 1 aliphatic rings. The van der Waals surface area contributed by atoms with Gasteiger partial charge in [0.05, 0.1) is 19.3 Å². The van der Waals surface area contributed by atoms with Crippen LogP contribution in [-0.4, -0.2) is 47.7 Å². The van der Waals surface area contributed by atoms with Crippen LogP contribution in [0.4, 0.5) is 30.6 Å². The fraction of sp³-hybridized carbons (Fsp3) is 0.448. The van der Waals surface area contributed by atoms with Gasteiger partial charge in [-0.2, -0.15) is 18.2 Å². The Morgan fingerprint density at radius 3 is 2.44 bits per heavy atom. The average molecular weight is 544 g/mol. The number of nitrogens with one attached hydrogen (secondary N) is 1. The Bertz CT molecular complexity index is 1210. The number of nitrogens with zero attached hydrogens (tertiary/aromatic N) is 4. The number of halogens is 3. The summed E-state index contributed by atoms with van der Waals surface area (Å²) in [4.78, 5) is 16.3. The summed E-state index contributed by atoms with van der Waals surface area (Å²) in [6, 6.07) is 12.7. The second kappa shape index (κ2) is 12.7. The highest BCUT2D eigenvalue weighted by molar-refractivity contribution is 5.62. The number of benzene rings is 2. The second-order valence-electron chi connectivity index (χ2n) is 9.60. The van der Waals surface area contributed by atoms with Gasteiger partial charge in [-0.1, -0.05) is 44.2 Å². The number of hydrogen-bond donors (Lipinski definition) is 1. The highest BCUT2D eigenvalue weighted by Gasteiger charge is 2.40. The summed E-state index contributed by atoms with van der Waals surface area (Å²) in [5.41, 5.74) is 2.40. The fourth-order valence-corrected chi connectivity index (χ4v) is 4.84. The molecule has 39 heavy (non-hydrogen) atoms. The number of ether oxygens (including phenoxy) is 1. The van der Waals surface area contributed by atoms with Crippen LogP contribution in [0.3, 0.4) is 0 Å². The molecule has 0 amide bonds. The monoisotopic (exact) mass is 543 g/mol. The van der Waals surface area contributed by atoms with Crippen LogP contribution in [0.5, 0.6) is 5.75 Å². The van der Waals surface area contributed by atoms with E-state index in [1.54, 1.807) is 0 Å². The first kappa shape index (κ1) is 28.6. The summed E-state index contributed by atoms with van der Waals surface area (Å²) >= 11 is 0. The van der Waals surface area contributed by atoms with E-state index in [1.165, 1.54) is 5.06 Å². The summed E-state index contributed by atoms with van der Waals surface area (Å²) in [5, 5.41) is 4.33. The Hall–Kier alpha value is -3.37. The van der Waals surface area contributed by atoms with Crippen molar-refractivity contribution in [2.75, 3.05) is 43.2 Å². The van der Waals surface area contributed by atoms with Crippen molar-refractivity contribution in [3.8, 4) is 5.75 Å². The van der Waals surface area contributed by atoms with E-state index >= 15 is 0 Å². The summed E-state index contributed by atoms with van der Waals surface area (Å²) in [7, 11) is 0. The third-order valence-corrected chi connectivity index (χ3v) is 6.85. The van der Waals surface area contributed by atoms with Gasteiger partial charge in [-0.15, -0.1) is 0 Å². The zero-order chi connectivity index (χ0) is 28.0. The molecular formula is C29H36F3N5O2. The van der Waals surface area contributed by atoms with Gasteiger partial charge < -0.3 is 15.0 Å². The van der Waals surface area contributed by atoms with Crippen molar-refractivity contribution in [2.24, 2.45) is 0 Å². The molecule has 0 saturated carbocycles. The van der Waals surface area contributed by atoms with E-state index in [0.29, 0.717) is 25.3 Å². The molecule has 2 aromatic carbocycles. The van der Waals surface area contributed by atoms with Crippen LogP contribution >= 0.6 is 0 Å². The first-order valence-electron chi connectivity index (χ1n) is 13.4. The minimum atomic E-state index is -4.64. The summed E-state index contributed by atoms with van der Waals surface area (Å²) in [5.74, 6) is 0.547. The predicted octanol–water partition coefficient (Wildman–Crippen LogP) is 6.85. The zero-order valence-corrected chi connectivity index (χ0v) is 22.9. The zero-order valence-electron chi connectivity index (χ0n) is 22.9. The van der Waals surface area contributed by atoms with Gasteiger partial charge in [0.2, 0.25) is 5.95 Å². The van der Waals surface area contributed by atoms with Crippen LogP contribution in [0.15, 0.2) is 48.7 Å². The van der Waals surface area contributed by atoms with Gasteiger partial charge in [-0.25, -0.2) is 10.0 Å². The van der Waals surface area contributed by atoms with Crippen LogP contribution in [0.25, 0.3) is 0 Å². The first-order valence-corrected chi connectivity index (χ1v) is 13.4. The Morgan fingerprint density at radius 1 is 1.10 bits per heavy atom. The molecule has 1 saturated heterocycles. The van der Waals surface area contributed by atoms with Crippen molar-refractivity contribution in [3.63, 3.8) is 0 Å². The largest absolute Gasteiger partial charge is 0.493 e. The van der Waals surface area contributed by atoms with Crippen LogP contribution in [0.2, 0.25) is 0 Å². The third-order valence-electron chi connectivity index (χ3n) is 6.85. The van der Waals surface area contributed by atoms with E-state index in [-0.39, 0.29) is 11.8 Å².